The Labute approximate surface area is 144 Å². The molecular weight excluding hydrogens is 322 g/mol. The van der Waals surface area contributed by atoms with E-state index < -0.39 is 0 Å². The smallest absolute Gasteiger partial charge is 0.198 e. The van der Waals surface area contributed by atoms with Crippen molar-refractivity contribution in [1.29, 1.82) is 0 Å². The third-order valence-corrected chi connectivity index (χ3v) is 3.79. The summed E-state index contributed by atoms with van der Waals surface area (Å²) >= 11 is 5.89. The number of aromatic hydroxyl groups is 1. The van der Waals surface area contributed by atoms with Crippen molar-refractivity contribution in [2.45, 2.75) is 0 Å². The first-order valence-corrected chi connectivity index (χ1v) is 7.52. The van der Waals surface area contributed by atoms with E-state index >= 15 is 0 Å². The van der Waals surface area contributed by atoms with E-state index in [1.54, 1.807) is 12.1 Å². The van der Waals surface area contributed by atoms with Gasteiger partial charge in [0.1, 0.15) is 5.75 Å². The summed E-state index contributed by atoms with van der Waals surface area (Å²) < 4.78 is 0. The molecule has 3 nitrogen and oxygen atoms in total. The van der Waals surface area contributed by atoms with Crippen LogP contribution in [0.4, 0.5) is 0 Å². The summed E-state index contributed by atoms with van der Waals surface area (Å²) in [4.78, 5) is 16.8. The molecule has 0 fully saturated rings. The zero-order valence-electron chi connectivity index (χ0n) is 12.5. The minimum absolute atomic E-state index is 0.116. The molecule has 3 aromatic rings. The van der Waals surface area contributed by atoms with E-state index in [1.807, 2.05) is 24.3 Å². The number of halogens is 1. The van der Waals surface area contributed by atoms with E-state index in [-0.39, 0.29) is 17.1 Å². The van der Waals surface area contributed by atoms with E-state index in [9.17, 15) is 9.90 Å². The summed E-state index contributed by atoms with van der Waals surface area (Å²) in [5.74, 6) is 2.12. The normalized spacial score (nSPS) is 10.2. The van der Waals surface area contributed by atoms with Gasteiger partial charge in [-0.1, -0.05) is 29.7 Å². The number of nitrogens with zero attached hydrogens (tertiary/aromatic N) is 1. The quantitative estimate of drug-likeness (QED) is 0.573. The van der Waals surface area contributed by atoms with Gasteiger partial charge in [0.2, 0.25) is 0 Å². The second-order valence-electron chi connectivity index (χ2n) is 5.15. The number of phenolic OH excluding ortho intramolecular Hbond substituents is 1. The van der Waals surface area contributed by atoms with Gasteiger partial charge in [-0.25, -0.2) is 0 Å². The second-order valence-corrected chi connectivity index (χ2v) is 5.58. The average molecular weight is 334 g/mol. The largest absolute Gasteiger partial charge is 0.507 e. The number of benzene rings is 2. The Morgan fingerprint density at radius 2 is 1.96 bits per heavy atom. The number of aromatic nitrogens is 1. The molecule has 3 rings (SSSR count). The van der Waals surface area contributed by atoms with Gasteiger partial charge in [0.05, 0.1) is 11.3 Å². The van der Waals surface area contributed by atoms with Crippen LogP contribution in [0.15, 0.2) is 60.8 Å². The van der Waals surface area contributed by atoms with Gasteiger partial charge in [-0.3, -0.25) is 9.78 Å². The predicted molar refractivity (Wildman–Crippen MR) is 94.2 cm³/mol. The Morgan fingerprint density at radius 1 is 1.12 bits per heavy atom. The molecule has 0 atom stereocenters. The van der Waals surface area contributed by atoms with Gasteiger partial charge in [-0.15, -0.1) is 6.42 Å². The maximum Gasteiger partial charge on any atom is 0.198 e. The Bertz CT molecular complexity index is 956. The average Bonchev–Trinajstić information content (AvgIpc) is 2.63. The highest BCUT2D eigenvalue weighted by Gasteiger charge is 2.14. The van der Waals surface area contributed by atoms with E-state index in [1.165, 1.54) is 24.4 Å². The molecule has 0 aliphatic heterocycles. The Morgan fingerprint density at radius 3 is 2.67 bits per heavy atom. The Balaban J connectivity index is 1.93. The first kappa shape index (κ1) is 15.8. The number of carbonyl (C=O) groups is 1. The van der Waals surface area contributed by atoms with Crippen molar-refractivity contribution >= 4 is 17.4 Å². The molecule has 1 heterocycles. The van der Waals surface area contributed by atoms with Crippen molar-refractivity contribution in [2.75, 3.05) is 0 Å². The summed E-state index contributed by atoms with van der Waals surface area (Å²) in [7, 11) is 0. The topological polar surface area (TPSA) is 50.2 Å². The van der Waals surface area contributed by atoms with E-state index in [4.69, 9.17) is 18.0 Å². The molecule has 0 aliphatic rings. The molecule has 0 spiro atoms. The van der Waals surface area contributed by atoms with Crippen molar-refractivity contribution in [3.63, 3.8) is 0 Å². The number of hydrogen-bond donors (Lipinski definition) is 1. The van der Waals surface area contributed by atoms with Gasteiger partial charge in [0.25, 0.3) is 0 Å². The van der Waals surface area contributed by atoms with Crippen molar-refractivity contribution in [2.24, 2.45) is 0 Å². The van der Waals surface area contributed by atoms with E-state index in [2.05, 4.69) is 10.9 Å². The number of ketones is 1. The summed E-state index contributed by atoms with van der Waals surface area (Å²) in [6, 6.07) is 15.2. The highest BCUT2D eigenvalue weighted by Crippen LogP contribution is 2.25. The first-order valence-electron chi connectivity index (χ1n) is 7.15. The zero-order chi connectivity index (χ0) is 17.1. The number of rotatable bonds is 3. The lowest BCUT2D eigenvalue weighted by molar-refractivity contribution is 0.103. The maximum atomic E-state index is 12.5. The molecular formula is C20H12ClNO2. The number of phenols is 1. The standard InChI is InChI=1S/C20H12ClNO2/c1-2-13-4-3-5-14(10-13)18-8-6-15(12-22-18)20(24)17-11-16(21)7-9-19(17)23/h1,3-12,23H. The van der Waals surface area contributed by atoms with Crippen LogP contribution in [-0.4, -0.2) is 15.9 Å². The Kier molecular flexibility index (Phi) is 4.33. The van der Waals surface area contributed by atoms with Crippen molar-refractivity contribution in [3.8, 4) is 29.4 Å². The molecule has 116 valence electrons. The van der Waals surface area contributed by atoms with Crippen LogP contribution in [-0.2, 0) is 0 Å². The van der Waals surface area contributed by atoms with Crippen molar-refractivity contribution < 1.29 is 9.90 Å². The van der Waals surface area contributed by atoms with Crippen LogP contribution < -0.4 is 0 Å². The molecule has 0 aliphatic carbocycles. The maximum absolute atomic E-state index is 12.5. The zero-order valence-corrected chi connectivity index (χ0v) is 13.3. The third kappa shape index (κ3) is 3.15. The number of carbonyl (C=O) groups excluding carboxylic acids is 1. The molecule has 1 N–H and O–H groups in total. The van der Waals surface area contributed by atoms with Gasteiger partial charge in [0.15, 0.2) is 5.78 Å². The van der Waals surface area contributed by atoms with Crippen LogP contribution in [0.3, 0.4) is 0 Å². The lowest BCUT2D eigenvalue weighted by Crippen LogP contribution is -2.02. The summed E-state index contributed by atoms with van der Waals surface area (Å²) in [5.41, 5.74) is 2.85. The third-order valence-electron chi connectivity index (χ3n) is 3.55. The van der Waals surface area contributed by atoms with Crippen LogP contribution >= 0.6 is 11.6 Å². The summed E-state index contributed by atoms with van der Waals surface area (Å²) in [6.45, 7) is 0. The predicted octanol–water partition coefficient (Wildman–Crippen LogP) is 4.32. The molecule has 0 saturated heterocycles. The molecule has 24 heavy (non-hydrogen) atoms. The fourth-order valence-corrected chi connectivity index (χ4v) is 2.48. The van der Waals surface area contributed by atoms with Crippen LogP contribution in [0.1, 0.15) is 21.5 Å². The summed E-state index contributed by atoms with van der Waals surface area (Å²) in [5, 5.41) is 10.2. The van der Waals surface area contributed by atoms with E-state index in [0.717, 1.165) is 11.1 Å². The minimum atomic E-state index is -0.341. The molecule has 0 radical (unpaired) electrons. The van der Waals surface area contributed by atoms with Gasteiger partial charge in [-0.2, -0.15) is 0 Å². The lowest BCUT2D eigenvalue weighted by atomic mass is 10.0. The summed E-state index contributed by atoms with van der Waals surface area (Å²) in [6.07, 6.45) is 6.87. The second kappa shape index (κ2) is 6.57. The van der Waals surface area contributed by atoms with Crippen LogP contribution in [0.25, 0.3) is 11.3 Å². The highest BCUT2D eigenvalue weighted by atomic mass is 35.5. The SMILES string of the molecule is C#Cc1cccc(-c2ccc(C(=O)c3cc(Cl)ccc3O)cn2)c1. The molecule has 0 unspecified atom stereocenters. The van der Waals surface area contributed by atoms with Gasteiger partial charge in [-0.05, 0) is 42.5 Å². The minimum Gasteiger partial charge on any atom is -0.507 e. The fraction of sp³-hybridized carbons (Fsp3) is 0. The lowest BCUT2D eigenvalue weighted by Gasteiger charge is -2.06. The van der Waals surface area contributed by atoms with Crippen LogP contribution in [0.2, 0.25) is 5.02 Å². The highest BCUT2D eigenvalue weighted by molar-refractivity contribution is 6.31. The molecule has 0 bridgehead atoms. The number of pyridine rings is 1. The van der Waals surface area contributed by atoms with Gasteiger partial charge >= 0.3 is 0 Å². The molecule has 2 aromatic carbocycles. The molecule has 1 aromatic heterocycles. The fourth-order valence-electron chi connectivity index (χ4n) is 2.31. The van der Waals surface area contributed by atoms with Gasteiger partial charge < -0.3 is 5.11 Å². The van der Waals surface area contributed by atoms with Crippen molar-refractivity contribution in [1.82, 2.24) is 4.98 Å². The molecule has 0 amide bonds. The number of terminal acetylenes is 1. The van der Waals surface area contributed by atoms with Crippen LogP contribution in [0, 0.1) is 12.3 Å². The molecule has 4 heteroatoms. The first-order chi connectivity index (χ1) is 11.6. The monoisotopic (exact) mass is 333 g/mol. The number of hydrogen-bond acceptors (Lipinski definition) is 3. The van der Waals surface area contributed by atoms with Gasteiger partial charge in [0, 0.05) is 27.9 Å². The van der Waals surface area contributed by atoms with Crippen molar-refractivity contribution in [3.05, 3.63) is 82.5 Å². The van der Waals surface area contributed by atoms with Crippen LogP contribution in [0.5, 0.6) is 5.75 Å². The van der Waals surface area contributed by atoms with E-state index in [0.29, 0.717) is 16.3 Å². The molecule has 0 saturated carbocycles. The Hall–Kier alpha value is -3.09.